The summed E-state index contributed by atoms with van der Waals surface area (Å²) in [5.41, 5.74) is 0. The fourth-order valence-electron chi connectivity index (χ4n) is 3.01. The minimum atomic E-state index is 1.07. The zero-order chi connectivity index (χ0) is 7.84. The van der Waals surface area contributed by atoms with E-state index >= 15 is 0 Å². The molecule has 0 spiro atoms. The van der Waals surface area contributed by atoms with Crippen LogP contribution in [-0.4, -0.2) is 24.5 Å². The molecule has 2 saturated heterocycles. The molecule has 0 N–H and O–H groups in total. The topological polar surface area (TPSA) is 3.24 Å². The van der Waals surface area contributed by atoms with Crippen LogP contribution in [0.5, 0.6) is 0 Å². The van der Waals surface area contributed by atoms with Crippen LogP contribution in [0.3, 0.4) is 0 Å². The fraction of sp³-hybridized carbons (Fsp3) is 1.00. The van der Waals surface area contributed by atoms with Crippen LogP contribution in [0.25, 0.3) is 0 Å². The van der Waals surface area contributed by atoms with E-state index < -0.39 is 0 Å². The molecule has 0 aromatic carbocycles. The Bertz CT molecular complexity index is 132. The second-order valence-electron chi connectivity index (χ2n) is 4.18. The van der Waals surface area contributed by atoms with Crippen molar-refractivity contribution in [2.24, 2.45) is 17.8 Å². The average molecular weight is 153 g/mol. The molecule has 3 atom stereocenters. The van der Waals surface area contributed by atoms with Gasteiger partial charge in [0, 0.05) is 13.1 Å². The van der Waals surface area contributed by atoms with Gasteiger partial charge >= 0.3 is 0 Å². The van der Waals surface area contributed by atoms with Crippen molar-refractivity contribution in [3.05, 3.63) is 0 Å². The van der Waals surface area contributed by atoms with Crippen LogP contribution in [0, 0.1) is 17.8 Å². The molecule has 64 valence electrons. The lowest BCUT2D eigenvalue weighted by Gasteiger charge is -2.53. The van der Waals surface area contributed by atoms with Gasteiger partial charge in [-0.1, -0.05) is 20.3 Å². The summed E-state index contributed by atoms with van der Waals surface area (Å²) >= 11 is 0. The van der Waals surface area contributed by atoms with E-state index in [0.29, 0.717) is 0 Å². The van der Waals surface area contributed by atoms with Crippen molar-refractivity contribution in [2.45, 2.75) is 26.7 Å². The molecule has 0 radical (unpaired) electrons. The highest BCUT2D eigenvalue weighted by Gasteiger charge is 2.44. The molecular formula is C10H19N. The minimum absolute atomic E-state index is 1.07. The quantitative estimate of drug-likeness (QED) is 0.586. The Hall–Kier alpha value is -0.0400. The lowest BCUT2D eigenvalue weighted by molar-refractivity contribution is -0.0423. The smallest absolute Gasteiger partial charge is 0.00125 e. The second kappa shape index (κ2) is 2.78. The van der Waals surface area contributed by atoms with Crippen LogP contribution < -0.4 is 0 Å². The standard InChI is InChI=1S/C10H19N/c1-3-10-8-5-9(10)7-11(4-2)6-8/h8-10H,3-7H2,1-2H3/t8-,9+,10?. The van der Waals surface area contributed by atoms with Gasteiger partial charge in [0.1, 0.15) is 0 Å². The Morgan fingerprint density at radius 3 is 2.27 bits per heavy atom. The molecule has 2 heterocycles. The van der Waals surface area contributed by atoms with Crippen LogP contribution in [0.15, 0.2) is 0 Å². The van der Waals surface area contributed by atoms with E-state index in [1.165, 1.54) is 32.5 Å². The predicted molar refractivity (Wildman–Crippen MR) is 47.5 cm³/mol. The Kier molecular flexibility index (Phi) is 1.92. The van der Waals surface area contributed by atoms with Crippen molar-refractivity contribution in [3.8, 4) is 0 Å². The zero-order valence-electron chi connectivity index (χ0n) is 7.71. The second-order valence-corrected chi connectivity index (χ2v) is 4.18. The van der Waals surface area contributed by atoms with Crippen molar-refractivity contribution in [1.29, 1.82) is 0 Å². The maximum absolute atomic E-state index is 2.62. The van der Waals surface area contributed by atoms with Crippen LogP contribution >= 0.6 is 0 Å². The average Bonchev–Trinajstić information content (AvgIpc) is 2.05. The highest BCUT2D eigenvalue weighted by molar-refractivity contribution is 4.95. The third kappa shape index (κ3) is 1.10. The molecule has 3 fully saturated rings. The highest BCUT2D eigenvalue weighted by Crippen LogP contribution is 2.46. The highest BCUT2D eigenvalue weighted by atomic mass is 15.1. The Balaban J connectivity index is 1.91. The van der Waals surface area contributed by atoms with Gasteiger partial charge in [0.05, 0.1) is 0 Å². The zero-order valence-corrected chi connectivity index (χ0v) is 7.71. The van der Waals surface area contributed by atoms with Gasteiger partial charge < -0.3 is 4.90 Å². The Morgan fingerprint density at radius 1 is 1.18 bits per heavy atom. The normalized spacial score (nSPS) is 43.6. The molecule has 3 rings (SSSR count). The van der Waals surface area contributed by atoms with Gasteiger partial charge in [-0.15, -0.1) is 0 Å². The number of hydrogen-bond donors (Lipinski definition) is 0. The largest absolute Gasteiger partial charge is 0.303 e. The maximum atomic E-state index is 2.62. The van der Waals surface area contributed by atoms with E-state index in [4.69, 9.17) is 0 Å². The van der Waals surface area contributed by atoms with E-state index in [0.717, 1.165) is 17.8 Å². The first-order valence-electron chi connectivity index (χ1n) is 5.07. The SMILES string of the molecule is CCC1[C@@H]2C[C@H]1CN(CC)C2. The van der Waals surface area contributed by atoms with Crippen molar-refractivity contribution in [1.82, 2.24) is 4.90 Å². The Labute approximate surface area is 69.8 Å². The fourth-order valence-corrected chi connectivity index (χ4v) is 3.01. The van der Waals surface area contributed by atoms with Crippen molar-refractivity contribution < 1.29 is 0 Å². The lowest BCUT2D eigenvalue weighted by Crippen LogP contribution is -2.54. The van der Waals surface area contributed by atoms with Gasteiger partial charge in [0.25, 0.3) is 0 Å². The van der Waals surface area contributed by atoms with Gasteiger partial charge in [0.15, 0.2) is 0 Å². The van der Waals surface area contributed by atoms with Crippen LogP contribution in [0.2, 0.25) is 0 Å². The first-order valence-corrected chi connectivity index (χ1v) is 5.07. The first-order chi connectivity index (χ1) is 5.35. The van der Waals surface area contributed by atoms with Crippen LogP contribution in [0.4, 0.5) is 0 Å². The van der Waals surface area contributed by atoms with Crippen molar-refractivity contribution in [3.63, 3.8) is 0 Å². The molecule has 0 aromatic heterocycles. The van der Waals surface area contributed by atoms with Gasteiger partial charge in [-0.25, -0.2) is 0 Å². The molecule has 1 aliphatic carbocycles. The van der Waals surface area contributed by atoms with Crippen molar-refractivity contribution >= 4 is 0 Å². The molecule has 1 heteroatoms. The van der Waals surface area contributed by atoms with E-state index in [1.807, 2.05) is 0 Å². The molecule has 1 unspecified atom stereocenters. The molecule has 3 aliphatic rings. The van der Waals surface area contributed by atoms with E-state index in [1.54, 1.807) is 0 Å². The van der Waals surface area contributed by atoms with Crippen LogP contribution in [0.1, 0.15) is 26.7 Å². The molecular weight excluding hydrogens is 134 g/mol. The predicted octanol–water partition coefficient (Wildman–Crippen LogP) is 1.98. The van der Waals surface area contributed by atoms with E-state index in [9.17, 15) is 0 Å². The third-order valence-corrected chi connectivity index (χ3v) is 3.72. The summed E-state index contributed by atoms with van der Waals surface area (Å²) in [5, 5.41) is 0. The number of nitrogens with zero attached hydrogens (tertiary/aromatic N) is 1. The summed E-state index contributed by atoms with van der Waals surface area (Å²) in [6.45, 7) is 8.69. The summed E-state index contributed by atoms with van der Waals surface area (Å²) in [6.07, 6.45) is 2.96. The molecule has 1 nitrogen and oxygen atoms in total. The van der Waals surface area contributed by atoms with Crippen LogP contribution in [-0.2, 0) is 0 Å². The molecule has 2 bridgehead atoms. The summed E-state index contributed by atoms with van der Waals surface area (Å²) in [5.74, 6) is 3.23. The van der Waals surface area contributed by atoms with Gasteiger partial charge in [-0.05, 0) is 30.7 Å². The number of fused-ring (bicyclic) bond motifs is 2. The first kappa shape index (κ1) is 7.60. The van der Waals surface area contributed by atoms with Gasteiger partial charge in [-0.3, -0.25) is 0 Å². The monoisotopic (exact) mass is 153 g/mol. The van der Waals surface area contributed by atoms with Gasteiger partial charge in [0.2, 0.25) is 0 Å². The van der Waals surface area contributed by atoms with Gasteiger partial charge in [-0.2, -0.15) is 0 Å². The van der Waals surface area contributed by atoms with Crippen molar-refractivity contribution in [2.75, 3.05) is 19.6 Å². The number of rotatable bonds is 2. The molecule has 0 amide bonds. The van der Waals surface area contributed by atoms with E-state index in [-0.39, 0.29) is 0 Å². The summed E-state index contributed by atoms with van der Waals surface area (Å²) in [4.78, 5) is 2.62. The summed E-state index contributed by atoms with van der Waals surface area (Å²) in [7, 11) is 0. The summed E-state index contributed by atoms with van der Waals surface area (Å²) < 4.78 is 0. The minimum Gasteiger partial charge on any atom is -0.303 e. The molecule has 2 aliphatic heterocycles. The molecule has 11 heavy (non-hydrogen) atoms. The third-order valence-electron chi connectivity index (χ3n) is 3.72. The maximum Gasteiger partial charge on any atom is 0.00125 e. The summed E-state index contributed by atoms with van der Waals surface area (Å²) in [6, 6.07) is 0. The Morgan fingerprint density at radius 2 is 1.82 bits per heavy atom. The molecule has 0 aromatic rings. The molecule has 1 saturated carbocycles. The van der Waals surface area contributed by atoms with E-state index in [2.05, 4.69) is 18.7 Å². The lowest BCUT2D eigenvalue weighted by atomic mass is 9.60. The number of hydrogen-bond acceptors (Lipinski definition) is 1. The number of piperidine rings is 2.